The molecule has 0 saturated heterocycles. The third-order valence-electron chi connectivity index (χ3n) is 11.7. The van der Waals surface area contributed by atoms with Gasteiger partial charge in [-0.1, -0.05) is 158 Å². The molecule has 0 N–H and O–H groups in total. The van der Waals surface area contributed by atoms with Crippen LogP contribution >= 0.6 is 0 Å². The number of furan rings is 1. The Bertz CT molecular complexity index is 3480. The minimum Gasteiger partial charge on any atom is -0.439 e. The number of pyridine rings is 1. The van der Waals surface area contributed by atoms with Gasteiger partial charge in [-0.05, 0) is 71.3 Å². The molecule has 0 amide bonds. The number of para-hydroxylation sites is 3. The summed E-state index contributed by atoms with van der Waals surface area (Å²) in [7, 11) is 0. The monoisotopic (exact) mass is 753 g/mol. The molecule has 0 aliphatic carbocycles. The first-order valence-electron chi connectivity index (χ1n) is 20.0. The molecule has 0 bridgehead atoms. The molecule has 0 aliphatic rings. The Morgan fingerprint density at radius 1 is 0.322 bits per heavy atom. The molecule has 0 saturated carbocycles. The van der Waals surface area contributed by atoms with Crippen LogP contribution in [0.15, 0.2) is 217 Å². The highest BCUT2D eigenvalue weighted by Crippen LogP contribution is 2.43. The van der Waals surface area contributed by atoms with Crippen molar-refractivity contribution in [3.8, 4) is 56.3 Å². The third-order valence-corrected chi connectivity index (χ3v) is 11.7. The van der Waals surface area contributed by atoms with E-state index >= 15 is 0 Å². The lowest BCUT2D eigenvalue weighted by atomic mass is 10.0. The van der Waals surface area contributed by atoms with E-state index in [1.54, 1.807) is 0 Å². The topological polar surface area (TPSA) is 35.9 Å². The zero-order chi connectivity index (χ0) is 38.9. The molecule has 0 spiro atoms. The van der Waals surface area contributed by atoms with Crippen LogP contribution in [0.5, 0.6) is 0 Å². The summed E-state index contributed by atoms with van der Waals surface area (Å²) in [5.74, 6) is 0.826. The van der Waals surface area contributed by atoms with Gasteiger partial charge in [-0.25, -0.2) is 4.98 Å². The van der Waals surface area contributed by atoms with Crippen molar-refractivity contribution in [2.45, 2.75) is 0 Å². The zero-order valence-electron chi connectivity index (χ0n) is 32.0. The van der Waals surface area contributed by atoms with E-state index < -0.39 is 0 Å². The van der Waals surface area contributed by atoms with Crippen LogP contribution in [0.25, 0.3) is 111 Å². The van der Waals surface area contributed by atoms with Gasteiger partial charge in [-0.15, -0.1) is 0 Å². The number of fused-ring (bicyclic) bond motifs is 7. The molecule has 4 heterocycles. The second-order valence-corrected chi connectivity index (χ2v) is 15.1. The number of benzene rings is 8. The van der Waals surface area contributed by atoms with E-state index in [0.717, 1.165) is 89.4 Å². The Labute approximate surface area is 340 Å². The van der Waals surface area contributed by atoms with Crippen molar-refractivity contribution in [1.29, 1.82) is 0 Å². The minimum atomic E-state index is 0.826. The Hall–Kier alpha value is -7.95. The fraction of sp³-hybridized carbons (Fsp3) is 0. The highest BCUT2D eigenvalue weighted by atomic mass is 16.4. The number of nitrogens with zero attached hydrogens (tertiary/aromatic N) is 3. The fourth-order valence-corrected chi connectivity index (χ4v) is 9.03. The molecule has 0 unspecified atom stereocenters. The quantitative estimate of drug-likeness (QED) is 0.169. The first-order chi connectivity index (χ1) is 29.3. The summed E-state index contributed by atoms with van der Waals surface area (Å²) < 4.78 is 11.5. The predicted octanol–water partition coefficient (Wildman–Crippen LogP) is 14.7. The summed E-state index contributed by atoms with van der Waals surface area (Å²) in [5.41, 5.74) is 15.1. The Morgan fingerprint density at radius 3 is 1.34 bits per heavy atom. The van der Waals surface area contributed by atoms with Gasteiger partial charge in [0, 0.05) is 38.1 Å². The second kappa shape index (κ2) is 13.3. The van der Waals surface area contributed by atoms with E-state index in [-0.39, 0.29) is 0 Å². The zero-order valence-corrected chi connectivity index (χ0v) is 32.0. The molecule has 0 fully saturated rings. The number of hydrogen-bond acceptors (Lipinski definition) is 2. The molecule has 0 aliphatic heterocycles. The molecule has 59 heavy (non-hydrogen) atoms. The maximum Gasteiger partial charge on any atom is 0.213 e. The third kappa shape index (κ3) is 5.34. The number of rotatable bonds is 6. The standard InChI is InChI=1S/C55H35N3O/c1-4-16-36(17-5-1)47-34-41(35-48(56-47)37-18-6-2-7-19-37)57-49-25-13-10-22-42(49)45-32-39(28-30-51(45)57)40-29-31-52-46(33-40)43-23-11-14-26-50(43)58(52)55-54(38-20-8-3-9-21-38)44-24-12-15-27-53(44)59-55/h1-35H. The molecule has 4 nitrogen and oxygen atoms in total. The van der Waals surface area contributed by atoms with Crippen molar-refractivity contribution >= 4 is 54.6 Å². The Kier molecular flexibility index (Phi) is 7.50. The van der Waals surface area contributed by atoms with Crippen LogP contribution in [0.4, 0.5) is 0 Å². The minimum absolute atomic E-state index is 0.826. The highest BCUT2D eigenvalue weighted by molar-refractivity contribution is 6.13. The van der Waals surface area contributed by atoms with Crippen LogP contribution in [0.2, 0.25) is 0 Å². The number of hydrogen-bond donors (Lipinski definition) is 0. The van der Waals surface area contributed by atoms with E-state index in [4.69, 9.17) is 9.40 Å². The lowest BCUT2D eigenvalue weighted by Gasteiger charge is -2.13. The van der Waals surface area contributed by atoms with Gasteiger partial charge in [-0.3, -0.25) is 4.57 Å². The van der Waals surface area contributed by atoms with E-state index in [1.807, 2.05) is 18.2 Å². The van der Waals surface area contributed by atoms with Crippen LogP contribution < -0.4 is 0 Å². The molecule has 12 aromatic rings. The van der Waals surface area contributed by atoms with E-state index in [0.29, 0.717) is 0 Å². The maximum absolute atomic E-state index is 6.78. The number of aromatic nitrogens is 3. The molecule has 8 aromatic carbocycles. The van der Waals surface area contributed by atoms with Gasteiger partial charge >= 0.3 is 0 Å². The maximum atomic E-state index is 6.78. The Balaban J connectivity index is 1.04. The molecule has 0 radical (unpaired) electrons. The van der Waals surface area contributed by atoms with Crippen molar-refractivity contribution in [1.82, 2.24) is 14.1 Å². The van der Waals surface area contributed by atoms with Gasteiger partial charge in [0.2, 0.25) is 5.88 Å². The van der Waals surface area contributed by atoms with Crippen molar-refractivity contribution in [2.75, 3.05) is 0 Å². The average molecular weight is 754 g/mol. The molecule has 276 valence electrons. The van der Waals surface area contributed by atoms with Gasteiger partial charge in [0.25, 0.3) is 0 Å². The second-order valence-electron chi connectivity index (χ2n) is 15.1. The SMILES string of the molecule is c1ccc(-c2cc(-n3c4ccccc4c4cc(-c5ccc6c(c5)c5ccccc5n6-c5oc6ccccc6c5-c5ccccc5)ccc43)cc(-c3ccccc3)n2)cc1. The van der Waals surface area contributed by atoms with Crippen LogP contribution in [-0.2, 0) is 0 Å². The van der Waals surface area contributed by atoms with Crippen LogP contribution in [-0.4, -0.2) is 14.1 Å². The molecule has 4 heteroatoms. The van der Waals surface area contributed by atoms with Gasteiger partial charge < -0.3 is 8.98 Å². The normalized spacial score (nSPS) is 11.7. The lowest BCUT2D eigenvalue weighted by Crippen LogP contribution is -1.98. The molecular formula is C55H35N3O. The predicted molar refractivity (Wildman–Crippen MR) is 244 cm³/mol. The lowest BCUT2D eigenvalue weighted by molar-refractivity contribution is 0.591. The van der Waals surface area contributed by atoms with Crippen LogP contribution in [0, 0.1) is 0 Å². The highest BCUT2D eigenvalue weighted by Gasteiger charge is 2.23. The smallest absolute Gasteiger partial charge is 0.213 e. The summed E-state index contributed by atoms with van der Waals surface area (Å²) in [4.78, 5) is 5.18. The van der Waals surface area contributed by atoms with Gasteiger partial charge in [0.1, 0.15) is 5.58 Å². The van der Waals surface area contributed by atoms with Gasteiger partial charge in [0.15, 0.2) is 0 Å². The first-order valence-corrected chi connectivity index (χ1v) is 20.0. The van der Waals surface area contributed by atoms with Gasteiger partial charge in [-0.2, -0.15) is 0 Å². The van der Waals surface area contributed by atoms with Crippen LogP contribution in [0.1, 0.15) is 0 Å². The summed E-state index contributed by atoms with van der Waals surface area (Å²) in [6.45, 7) is 0. The summed E-state index contributed by atoms with van der Waals surface area (Å²) in [5, 5.41) is 5.87. The van der Waals surface area contributed by atoms with Crippen molar-refractivity contribution in [3.63, 3.8) is 0 Å². The fourth-order valence-electron chi connectivity index (χ4n) is 9.03. The molecule has 4 aromatic heterocycles. The summed E-state index contributed by atoms with van der Waals surface area (Å²) >= 11 is 0. The van der Waals surface area contributed by atoms with Gasteiger partial charge in [0.05, 0.1) is 44.7 Å². The van der Waals surface area contributed by atoms with Crippen molar-refractivity contribution < 1.29 is 4.42 Å². The van der Waals surface area contributed by atoms with E-state index in [1.165, 1.54) is 21.5 Å². The molecular weight excluding hydrogens is 719 g/mol. The average Bonchev–Trinajstić information content (AvgIpc) is 3.97. The summed E-state index contributed by atoms with van der Waals surface area (Å²) in [6.07, 6.45) is 0. The van der Waals surface area contributed by atoms with E-state index in [2.05, 4.69) is 203 Å². The van der Waals surface area contributed by atoms with Crippen LogP contribution in [0.3, 0.4) is 0 Å². The largest absolute Gasteiger partial charge is 0.439 e. The molecule has 0 atom stereocenters. The molecule has 12 rings (SSSR count). The van der Waals surface area contributed by atoms with E-state index in [9.17, 15) is 0 Å². The summed E-state index contributed by atoms with van der Waals surface area (Å²) in [6, 6.07) is 75.4. The Morgan fingerprint density at radius 2 is 0.763 bits per heavy atom. The first kappa shape index (κ1) is 33.2. The van der Waals surface area contributed by atoms with Crippen molar-refractivity contribution in [2.24, 2.45) is 0 Å². The van der Waals surface area contributed by atoms with Crippen molar-refractivity contribution in [3.05, 3.63) is 212 Å².